The Bertz CT molecular complexity index is 922. The van der Waals surface area contributed by atoms with Crippen molar-refractivity contribution in [3.05, 3.63) is 22.7 Å². The number of nitrogens with one attached hydrogen (secondary N) is 1. The van der Waals surface area contributed by atoms with E-state index in [-0.39, 0.29) is 16.7 Å². The molecular formula is C16H17BrN6O2S2. The average Bonchev–Trinajstić information content (AvgIpc) is 3.26. The highest BCUT2D eigenvalue weighted by atomic mass is 79.9. The number of carbonyl (C=O) groups excluding carboxylic acids is 2. The highest BCUT2D eigenvalue weighted by molar-refractivity contribution is 9.10. The summed E-state index contributed by atoms with van der Waals surface area (Å²) in [4.78, 5) is 27.6. The number of tetrazole rings is 1. The molecule has 0 radical (unpaired) electrons. The third kappa shape index (κ3) is 3.47. The number of amides is 2. The molecule has 0 spiro atoms. The number of aromatic nitrogens is 4. The van der Waals surface area contributed by atoms with Gasteiger partial charge in [-0.25, -0.2) is 4.68 Å². The number of carbonyl (C=O) groups is 2. The number of aryl methyl sites for hydroxylation is 1. The molecule has 2 amide bonds. The lowest BCUT2D eigenvalue weighted by molar-refractivity contribution is -0.135. The molecule has 0 saturated carbocycles. The molecule has 2 saturated heterocycles. The fourth-order valence-electron chi connectivity index (χ4n) is 3.33. The molecule has 1 aromatic carbocycles. The SMILES string of the molecule is Cn1nnnc1Sc1ccc(Br)cc1NC(=O)C1CSC2(C)CCC(=O)N12. The van der Waals surface area contributed by atoms with Crippen LogP contribution in [-0.4, -0.2) is 53.6 Å². The van der Waals surface area contributed by atoms with Crippen molar-refractivity contribution in [3.8, 4) is 0 Å². The minimum Gasteiger partial charge on any atom is -0.323 e. The maximum absolute atomic E-state index is 13.0. The summed E-state index contributed by atoms with van der Waals surface area (Å²) in [7, 11) is 1.76. The standard InChI is InChI=1S/C16H17BrN6O2S2/c1-16-6-5-13(24)23(16)11(8-26-16)14(25)18-10-7-9(17)3-4-12(10)27-15-19-20-21-22(15)2/h3-4,7,11H,5-6,8H2,1-2H3,(H,18,25). The predicted molar refractivity (Wildman–Crippen MR) is 106 cm³/mol. The van der Waals surface area contributed by atoms with Crippen LogP contribution in [0.3, 0.4) is 0 Å². The second-order valence-electron chi connectivity index (χ2n) is 6.58. The molecule has 2 aliphatic rings. The van der Waals surface area contributed by atoms with Crippen molar-refractivity contribution in [2.45, 2.75) is 40.7 Å². The Morgan fingerprint density at radius 2 is 2.30 bits per heavy atom. The molecule has 27 heavy (non-hydrogen) atoms. The van der Waals surface area contributed by atoms with E-state index in [4.69, 9.17) is 0 Å². The number of thioether (sulfide) groups is 1. The molecule has 2 unspecified atom stereocenters. The number of halogens is 1. The van der Waals surface area contributed by atoms with Gasteiger partial charge in [0.15, 0.2) is 0 Å². The van der Waals surface area contributed by atoms with E-state index in [1.165, 1.54) is 11.8 Å². The first kappa shape index (κ1) is 18.8. The summed E-state index contributed by atoms with van der Waals surface area (Å²) >= 11 is 6.50. The van der Waals surface area contributed by atoms with E-state index in [0.29, 0.717) is 23.0 Å². The van der Waals surface area contributed by atoms with Gasteiger partial charge in [-0.2, -0.15) is 0 Å². The van der Waals surface area contributed by atoms with Gasteiger partial charge in [-0.3, -0.25) is 9.59 Å². The maximum atomic E-state index is 13.0. The summed E-state index contributed by atoms with van der Waals surface area (Å²) in [6.07, 6.45) is 1.29. The maximum Gasteiger partial charge on any atom is 0.248 e. The third-order valence-corrected chi connectivity index (χ3v) is 7.83. The van der Waals surface area contributed by atoms with Crippen molar-refractivity contribution in [1.29, 1.82) is 0 Å². The van der Waals surface area contributed by atoms with Crippen LogP contribution in [-0.2, 0) is 16.6 Å². The van der Waals surface area contributed by atoms with Crippen molar-refractivity contribution in [2.24, 2.45) is 7.05 Å². The second kappa shape index (κ2) is 7.10. The molecule has 0 bridgehead atoms. The van der Waals surface area contributed by atoms with Crippen molar-refractivity contribution in [3.63, 3.8) is 0 Å². The Morgan fingerprint density at radius 1 is 1.48 bits per heavy atom. The Kier molecular flexibility index (Phi) is 4.93. The van der Waals surface area contributed by atoms with Gasteiger partial charge < -0.3 is 10.2 Å². The van der Waals surface area contributed by atoms with Gasteiger partial charge in [-0.05, 0) is 53.7 Å². The number of hydrogen-bond donors (Lipinski definition) is 1. The number of rotatable bonds is 4. The molecule has 2 aliphatic heterocycles. The number of benzene rings is 1. The molecule has 1 aromatic heterocycles. The zero-order valence-corrected chi connectivity index (χ0v) is 17.9. The second-order valence-corrected chi connectivity index (χ2v) is 10.0. The van der Waals surface area contributed by atoms with E-state index in [9.17, 15) is 9.59 Å². The number of fused-ring (bicyclic) bond motifs is 1. The molecule has 0 aliphatic carbocycles. The van der Waals surface area contributed by atoms with E-state index in [0.717, 1.165) is 15.8 Å². The Balaban J connectivity index is 1.57. The number of anilines is 1. The highest BCUT2D eigenvalue weighted by Crippen LogP contribution is 2.47. The monoisotopic (exact) mass is 468 g/mol. The summed E-state index contributed by atoms with van der Waals surface area (Å²) in [5.41, 5.74) is 0.660. The van der Waals surface area contributed by atoms with Gasteiger partial charge in [-0.1, -0.05) is 15.9 Å². The fourth-order valence-corrected chi connectivity index (χ4v) is 5.92. The number of nitrogens with zero attached hydrogens (tertiary/aromatic N) is 5. The van der Waals surface area contributed by atoms with Gasteiger partial charge in [0.2, 0.25) is 17.0 Å². The van der Waals surface area contributed by atoms with E-state index < -0.39 is 6.04 Å². The quantitative estimate of drug-likeness (QED) is 0.736. The lowest BCUT2D eigenvalue weighted by Gasteiger charge is -2.30. The van der Waals surface area contributed by atoms with Gasteiger partial charge >= 0.3 is 0 Å². The zero-order valence-electron chi connectivity index (χ0n) is 14.7. The largest absolute Gasteiger partial charge is 0.323 e. The molecule has 11 heteroatoms. The van der Waals surface area contributed by atoms with E-state index in [1.807, 2.05) is 25.1 Å². The predicted octanol–water partition coefficient (Wildman–Crippen LogP) is 2.52. The van der Waals surface area contributed by atoms with Crippen LogP contribution in [0.2, 0.25) is 0 Å². The number of hydrogen-bond acceptors (Lipinski definition) is 7. The Hall–Kier alpha value is -1.59. The third-order valence-electron chi connectivity index (χ3n) is 4.73. The molecule has 1 N–H and O–H groups in total. The van der Waals surface area contributed by atoms with Crippen LogP contribution in [0.5, 0.6) is 0 Å². The van der Waals surface area contributed by atoms with Crippen molar-refractivity contribution < 1.29 is 9.59 Å². The van der Waals surface area contributed by atoms with Crippen LogP contribution in [0.1, 0.15) is 19.8 Å². The van der Waals surface area contributed by atoms with Crippen LogP contribution >= 0.6 is 39.5 Å². The Morgan fingerprint density at radius 3 is 3.04 bits per heavy atom. The Labute approximate surface area is 172 Å². The van der Waals surface area contributed by atoms with Crippen LogP contribution < -0.4 is 5.32 Å². The van der Waals surface area contributed by atoms with Gasteiger partial charge in [0.1, 0.15) is 6.04 Å². The first-order chi connectivity index (χ1) is 12.9. The molecule has 2 atom stereocenters. The van der Waals surface area contributed by atoms with Crippen LogP contribution in [0.15, 0.2) is 32.7 Å². The van der Waals surface area contributed by atoms with Gasteiger partial charge in [-0.15, -0.1) is 16.9 Å². The van der Waals surface area contributed by atoms with Crippen LogP contribution in [0.4, 0.5) is 5.69 Å². The smallest absolute Gasteiger partial charge is 0.248 e. The lowest BCUT2D eigenvalue weighted by Crippen LogP contribution is -2.48. The summed E-state index contributed by atoms with van der Waals surface area (Å²) in [6, 6.07) is 5.18. The molecule has 2 aromatic rings. The lowest BCUT2D eigenvalue weighted by atomic mass is 10.2. The molecule has 8 nitrogen and oxygen atoms in total. The van der Waals surface area contributed by atoms with Crippen molar-refractivity contribution >= 4 is 57.0 Å². The molecule has 3 heterocycles. The van der Waals surface area contributed by atoms with Crippen LogP contribution in [0.25, 0.3) is 0 Å². The van der Waals surface area contributed by atoms with E-state index in [1.54, 1.807) is 28.4 Å². The minimum absolute atomic E-state index is 0.0525. The van der Waals surface area contributed by atoms with Crippen molar-refractivity contribution in [1.82, 2.24) is 25.1 Å². The summed E-state index contributed by atoms with van der Waals surface area (Å²) in [5, 5.41) is 15.1. The normalized spacial score (nSPS) is 24.3. The van der Waals surface area contributed by atoms with Crippen LogP contribution in [0, 0.1) is 0 Å². The summed E-state index contributed by atoms with van der Waals surface area (Å²) in [5.74, 6) is 0.492. The summed E-state index contributed by atoms with van der Waals surface area (Å²) < 4.78 is 2.42. The highest BCUT2D eigenvalue weighted by Gasteiger charge is 2.52. The minimum atomic E-state index is -0.455. The molecule has 2 fully saturated rings. The average molecular weight is 469 g/mol. The fraction of sp³-hybridized carbons (Fsp3) is 0.438. The zero-order chi connectivity index (χ0) is 19.2. The first-order valence-electron chi connectivity index (χ1n) is 8.34. The molecular weight excluding hydrogens is 452 g/mol. The van der Waals surface area contributed by atoms with Gasteiger partial charge in [0.25, 0.3) is 0 Å². The molecule has 142 valence electrons. The summed E-state index contributed by atoms with van der Waals surface area (Å²) in [6.45, 7) is 2.04. The van der Waals surface area contributed by atoms with E-state index in [2.05, 4.69) is 36.8 Å². The van der Waals surface area contributed by atoms with Crippen molar-refractivity contribution in [2.75, 3.05) is 11.1 Å². The topological polar surface area (TPSA) is 93.0 Å². The molecule has 4 rings (SSSR count). The first-order valence-corrected chi connectivity index (χ1v) is 10.9. The van der Waals surface area contributed by atoms with Gasteiger partial charge in [0.05, 0.1) is 10.6 Å². The van der Waals surface area contributed by atoms with Gasteiger partial charge in [0, 0.05) is 28.6 Å². The van der Waals surface area contributed by atoms with E-state index >= 15 is 0 Å².